The topological polar surface area (TPSA) is 84.2 Å². The van der Waals surface area contributed by atoms with Gasteiger partial charge >= 0.3 is 0 Å². The number of amides is 2. The van der Waals surface area contributed by atoms with Crippen LogP contribution < -0.4 is 16.4 Å². The zero-order chi connectivity index (χ0) is 15.2. The van der Waals surface area contributed by atoms with Crippen molar-refractivity contribution < 1.29 is 9.59 Å². The van der Waals surface area contributed by atoms with Crippen LogP contribution in [0.1, 0.15) is 33.6 Å². The molecule has 0 fully saturated rings. The van der Waals surface area contributed by atoms with Crippen molar-refractivity contribution in [1.29, 1.82) is 0 Å². The summed E-state index contributed by atoms with van der Waals surface area (Å²) in [5.74, 6) is -0.577. The number of hydrogen-bond acceptors (Lipinski definition) is 3. The van der Waals surface area contributed by atoms with Crippen molar-refractivity contribution in [3.63, 3.8) is 0 Å². The molecule has 1 aromatic carbocycles. The summed E-state index contributed by atoms with van der Waals surface area (Å²) in [5, 5.41) is 5.39. The molecule has 0 saturated heterocycles. The second kappa shape index (κ2) is 8.64. The second-order valence-electron chi connectivity index (χ2n) is 5.22. The van der Waals surface area contributed by atoms with Gasteiger partial charge in [-0.3, -0.25) is 9.59 Å². The highest BCUT2D eigenvalue weighted by Gasteiger charge is 2.29. The van der Waals surface area contributed by atoms with Crippen molar-refractivity contribution in [2.75, 3.05) is 5.32 Å². The first-order chi connectivity index (χ1) is 9.36. The van der Waals surface area contributed by atoms with E-state index in [-0.39, 0.29) is 24.2 Å². The van der Waals surface area contributed by atoms with E-state index < -0.39 is 11.6 Å². The number of carbonyl (C=O) groups excluding carboxylic acids is 2. The van der Waals surface area contributed by atoms with Gasteiger partial charge in [0.1, 0.15) is 6.04 Å². The number of halogens is 1. The molecule has 1 rings (SSSR count). The normalized spacial score (nSPS) is 14.3. The van der Waals surface area contributed by atoms with Crippen LogP contribution in [-0.2, 0) is 9.59 Å². The van der Waals surface area contributed by atoms with Crippen molar-refractivity contribution in [3.05, 3.63) is 30.3 Å². The standard InChI is InChI=1S/C15H23N3O2.ClH/c1-4-10-15(3,16)14(20)17-11(2)13(19)18-12-8-6-5-7-9-12;/h5-9,11H,4,10,16H2,1-3H3,(H,17,20)(H,18,19);1H. The molecule has 0 heterocycles. The first-order valence-electron chi connectivity index (χ1n) is 6.82. The van der Waals surface area contributed by atoms with Crippen LogP contribution in [0.15, 0.2) is 30.3 Å². The van der Waals surface area contributed by atoms with Crippen LogP contribution in [0.5, 0.6) is 0 Å². The molecule has 0 radical (unpaired) electrons. The lowest BCUT2D eigenvalue weighted by molar-refractivity contribution is -0.129. The Morgan fingerprint density at radius 1 is 1.29 bits per heavy atom. The highest BCUT2D eigenvalue weighted by molar-refractivity contribution is 5.98. The summed E-state index contributed by atoms with van der Waals surface area (Å²) in [5.41, 5.74) is 5.68. The van der Waals surface area contributed by atoms with Gasteiger partial charge in [-0.15, -0.1) is 12.4 Å². The van der Waals surface area contributed by atoms with Crippen LogP contribution in [0, 0.1) is 0 Å². The molecule has 0 aliphatic carbocycles. The minimum atomic E-state index is -0.948. The van der Waals surface area contributed by atoms with Crippen LogP contribution >= 0.6 is 12.4 Å². The SMILES string of the molecule is CCCC(C)(N)C(=O)NC(C)C(=O)Nc1ccccc1.Cl. The van der Waals surface area contributed by atoms with E-state index >= 15 is 0 Å². The molecule has 1 aromatic rings. The Hall–Kier alpha value is -1.59. The third kappa shape index (κ3) is 6.14. The van der Waals surface area contributed by atoms with E-state index in [0.29, 0.717) is 12.1 Å². The Balaban J connectivity index is 0.00000400. The fraction of sp³-hybridized carbons (Fsp3) is 0.467. The van der Waals surface area contributed by atoms with Crippen molar-refractivity contribution >= 4 is 29.9 Å². The fourth-order valence-corrected chi connectivity index (χ4v) is 1.83. The molecule has 2 atom stereocenters. The van der Waals surface area contributed by atoms with E-state index in [0.717, 1.165) is 6.42 Å². The third-order valence-electron chi connectivity index (χ3n) is 3.07. The fourth-order valence-electron chi connectivity index (χ4n) is 1.83. The summed E-state index contributed by atoms with van der Waals surface area (Å²) in [6.07, 6.45) is 1.39. The molecule has 2 amide bonds. The Morgan fingerprint density at radius 2 is 1.86 bits per heavy atom. The molecule has 0 bridgehead atoms. The van der Waals surface area contributed by atoms with Gasteiger partial charge in [-0.2, -0.15) is 0 Å². The summed E-state index contributed by atoms with van der Waals surface area (Å²) in [6.45, 7) is 5.27. The molecular weight excluding hydrogens is 290 g/mol. The molecular formula is C15H24ClN3O2. The minimum absolute atomic E-state index is 0. The molecule has 21 heavy (non-hydrogen) atoms. The number of benzene rings is 1. The van der Waals surface area contributed by atoms with E-state index in [1.807, 2.05) is 25.1 Å². The smallest absolute Gasteiger partial charge is 0.246 e. The van der Waals surface area contributed by atoms with Crippen molar-refractivity contribution in [2.24, 2.45) is 5.73 Å². The van der Waals surface area contributed by atoms with Gasteiger partial charge in [0.05, 0.1) is 5.54 Å². The largest absolute Gasteiger partial charge is 0.343 e. The molecule has 118 valence electrons. The minimum Gasteiger partial charge on any atom is -0.343 e. The van der Waals surface area contributed by atoms with Crippen molar-refractivity contribution in [1.82, 2.24) is 5.32 Å². The van der Waals surface area contributed by atoms with Gasteiger partial charge in [-0.05, 0) is 32.4 Å². The maximum absolute atomic E-state index is 12.0. The summed E-state index contributed by atoms with van der Waals surface area (Å²) in [7, 11) is 0. The summed E-state index contributed by atoms with van der Waals surface area (Å²) >= 11 is 0. The number of nitrogens with two attached hydrogens (primary N) is 1. The molecule has 0 aromatic heterocycles. The Morgan fingerprint density at radius 3 is 2.38 bits per heavy atom. The second-order valence-corrected chi connectivity index (χ2v) is 5.22. The summed E-state index contributed by atoms with van der Waals surface area (Å²) in [4.78, 5) is 24.0. The van der Waals surface area contributed by atoms with Crippen LogP contribution in [0.4, 0.5) is 5.69 Å². The van der Waals surface area contributed by atoms with Gasteiger partial charge in [0.15, 0.2) is 0 Å². The Labute approximate surface area is 132 Å². The lowest BCUT2D eigenvalue weighted by Crippen LogP contribution is -2.55. The number of nitrogens with one attached hydrogen (secondary N) is 2. The van der Waals surface area contributed by atoms with E-state index in [9.17, 15) is 9.59 Å². The average Bonchev–Trinajstić information content (AvgIpc) is 2.39. The Kier molecular flexibility index (Phi) is 7.99. The molecule has 5 nitrogen and oxygen atoms in total. The monoisotopic (exact) mass is 313 g/mol. The summed E-state index contributed by atoms with van der Waals surface area (Å²) in [6, 6.07) is 8.47. The van der Waals surface area contributed by atoms with E-state index in [1.54, 1.807) is 26.0 Å². The maximum Gasteiger partial charge on any atom is 0.246 e. The number of para-hydroxylation sites is 1. The lowest BCUT2D eigenvalue weighted by Gasteiger charge is -2.25. The zero-order valence-electron chi connectivity index (χ0n) is 12.7. The van der Waals surface area contributed by atoms with Gasteiger partial charge < -0.3 is 16.4 Å². The van der Waals surface area contributed by atoms with Crippen molar-refractivity contribution in [2.45, 2.75) is 45.2 Å². The van der Waals surface area contributed by atoms with Gasteiger partial charge in [0.2, 0.25) is 11.8 Å². The Bertz CT molecular complexity index is 463. The van der Waals surface area contributed by atoms with Crippen LogP contribution in [-0.4, -0.2) is 23.4 Å². The van der Waals surface area contributed by atoms with Gasteiger partial charge in [0, 0.05) is 5.69 Å². The predicted octanol–water partition coefficient (Wildman–Crippen LogP) is 2.07. The predicted molar refractivity (Wildman–Crippen MR) is 87.4 cm³/mol. The first-order valence-corrected chi connectivity index (χ1v) is 6.82. The molecule has 0 saturated carbocycles. The molecule has 4 N–H and O–H groups in total. The highest BCUT2D eigenvalue weighted by atomic mass is 35.5. The van der Waals surface area contributed by atoms with E-state index in [1.165, 1.54) is 0 Å². The lowest BCUT2D eigenvalue weighted by atomic mass is 9.96. The molecule has 0 spiro atoms. The van der Waals surface area contributed by atoms with Crippen LogP contribution in [0.25, 0.3) is 0 Å². The van der Waals surface area contributed by atoms with Crippen molar-refractivity contribution in [3.8, 4) is 0 Å². The van der Waals surface area contributed by atoms with E-state index in [4.69, 9.17) is 5.73 Å². The highest BCUT2D eigenvalue weighted by Crippen LogP contribution is 2.09. The summed E-state index contributed by atoms with van der Waals surface area (Å²) < 4.78 is 0. The van der Waals surface area contributed by atoms with Crippen LogP contribution in [0.3, 0.4) is 0 Å². The number of hydrogen-bond donors (Lipinski definition) is 3. The number of rotatable bonds is 6. The number of anilines is 1. The molecule has 0 aliphatic rings. The first kappa shape index (κ1) is 19.4. The van der Waals surface area contributed by atoms with Crippen LogP contribution in [0.2, 0.25) is 0 Å². The number of carbonyl (C=O) groups is 2. The molecule has 2 unspecified atom stereocenters. The quantitative estimate of drug-likeness (QED) is 0.751. The maximum atomic E-state index is 12.0. The average molecular weight is 314 g/mol. The molecule has 0 aliphatic heterocycles. The third-order valence-corrected chi connectivity index (χ3v) is 3.07. The van der Waals surface area contributed by atoms with Gasteiger partial charge in [-0.25, -0.2) is 0 Å². The van der Waals surface area contributed by atoms with E-state index in [2.05, 4.69) is 10.6 Å². The van der Waals surface area contributed by atoms with Gasteiger partial charge in [-0.1, -0.05) is 31.5 Å². The molecule has 6 heteroatoms. The van der Waals surface area contributed by atoms with Gasteiger partial charge in [0.25, 0.3) is 0 Å². The zero-order valence-corrected chi connectivity index (χ0v) is 13.5.